The average Bonchev–Trinajstić information content (AvgIpc) is 3.14. The molecule has 3 heterocycles. The molecule has 0 spiro atoms. The van der Waals surface area contributed by atoms with Crippen LogP contribution in [-0.2, 0) is 6.67 Å². The number of H-pyrrole nitrogens is 1. The summed E-state index contributed by atoms with van der Waals surface area (Å²) >= 11 is 5.44. The summed E-state index contributed by atoms with van der Waals surface area (Å²) in [5.41, 5.74) is 1.57. The molecule has 1 saturated heterocycles. The molecule has 29 heavy (non-hydrogen) atoms. The fourth-order valence-electron chi connectivity index (χ4n) is 3.37. The SMILES string of the molecule is COc1ccc(-c2nc(=S)n(CN3CCN(c4ncccc4C#N)CC3)[nH]2)cc1. The van der Waals surface area contributed by atoms with Crippen LogP contribution in [0, 0.1) is 16.1 Å². The Morgan fingerprint density at radius 2 is 1.93 bits per heavy atom. The highest BCUT2D eigenvalue weighted by Crippen LogP contribution is 2.20. The fraction of sp³-hybridized carbons (Fsp3) is 0.300. The molecule has 0 unspecified atom stereocenters. The molecule has 1 aliphatic rings. The Bertz CT molecular complexity index is 1080. The van der Waals surface area contributed by atoms with Crippen LogP contribution in [0.25, 0.3) is 11.4 Å². The zero-order chi connectivity index (χ0) is 20.2. The Morgan fingerprint density at radius 3 is 2.62 bits per heavy atom. The minimum Gasteiger partial charge on any atom is -0.497 e. The number of nitriles is 1. The molecule has 0 aliphatic carbocycles. The number of methoxy groups -OCH3 is 1. The zero-order valence-corrected chi connectivity index (χ0v) is 16.9. The van der Waals surface area contributed by atoms with Gasteiger partial charge in [0.05, 0.1) is 19.3 Å². The van der Waals surface area contributed by atoms with Crippen LogP contribution in [0.2, 0.25) is 0 Å². The van der Waals surface area contributed by atoms with Gasteiger partial charge in [0.25, 0.3) is 0 Å². The maximum Gasteiger partial charge on any atom is 0.217 e. The minimum absolute atomic E-state index is 0.523. The molecule has 1 fully saturated rings. The van der Waals surface area contributed by atoms with Crippen molar-refractivity contribution in [3.63, 3.8) is 0 Å². The van der Waals surface area contributed by atoms with Crippen molar-refractivity contribution >= 4 is 18.0 Å². The monoisotopic (exact) mass is 407 g/mol. The maximum absolute atomic E-state index is 9.29. The second-order valence-electron chi connectivity index (χ2n) is 6.74. The first-order chi connectivity index (χ1) is 14.2. The fourth-order valence-corrected chi connectivity index (χ4v) is 3.56. The molecule has 0 bridgehead atoms. The van der Waals surface area contributed by atoms with Gasteiger partial charge >= 0.3 is 0 Å². The van der Waals surface area contributed by atoms with Crippen LogP contribution in [0.15, 0.2) is 42.6 Å². The molecule has 2 aromatic heterocycles. The Labute approximate surface area is 174 Å². The number of hydrogen-bond donors (Lipinski definition) is 1. The summed E-state index contributed by atoms with van der Waals surface area (Å²) in [6, 6.07) is 13.5. The van der Waals surface area contributed by atoms with Crippen molar-refractivity contribution in [2.45, 2.75) is 6.67 Å². The number of aromatic amines is 1. The number of piperazine rings is 1. The molecule has 9 heteroatoms. The van der Waals surface area contributed by atoms with E-state index in [4.69, 9.17) is 17.0 Å². The molecule has 148 valence electrons. The zero-order valence-electron chi connectivity index (χ0n) is 16.1. The summed E-state index contributed by atoms with van der Waals surface area (Å²) in [7, 11) is 1.64. The summed E-state index contributed by atoms with van der Waals surface area (Å²) in [5, 5.41) is 12.6. The smallest absolute Gasteiger partial charge is 0.217 e. The van der Waals surface area contributed by atoms with Crippen molar-refractivity contribution in [3.05, 3.63) is 52.9 Å². The van der Waals surface area contributed by atoms with Crippen molar-refractivity contribution in [3.8, 4) is 23.2 Å². The molecule has 4 rings (SSSR count). The van der Waals surface area contributed by atoms with E-state index < -0.39 is 0 Å². The second kappa shape index (κ2) is 8.43. The van der Waals surface area contributed by atoms with Gasteiger partial charge in [-0.25, -0.2) is 9.67 Å². The summed E-state index contributed by atoms with van der Waals surface area (Å²) < 4.78 is 7.60. The molecule has 0 atom stereocenters. The van der Waals surface area contributed by atoms with Crippen molar-refractivity contribution in [2.75, 3.05) is 38.2 Å². The van der Waals surface area contributed by atoms with E-state index >= 15 is 0 Å². The third kappa shape index (κ3) is 4.13. The van der Waals surface area contributed by atoms with Crippen LogP contribution in [0.4, 0.5) is 5.82 Å². The second-order valence-corrected chi connectivity index (χ2v) is 7.11. The number of ether oxygens (including phenoxy) is 1. The van der Waals surface area contributed by atoms with Gasteiger partial charge in [-0.1, -0.05) is 0 Å². The molecule has 0 saturated carbocycles. The lowest BCUT2D eigenvalue weighted by Crippen LogP contribution is -2.47. The Morgan fingerprint density at radius 1 is 1.17 bits per heavy atom. The first-order valence-corrected chi connectivity index (χ1v) is 9.72. The summed E-state index contributed by atoms with van der Waals surface area (Å²) in [5.74, 6) is 2.30. The molecule has 0 amide bonds. The molecule has 1 aromatic carbocycles. The van der Waals surface area contributed by atoms with Gasteiger partial charge < -0.3 is 9.64 Å². The van der Waals surface area contributed by atoms with Crippen LogP contribution in [-0.4, -0.2) is 57.9 Å². The maximum atomic E-state index is 9.29. The van der Waals surface area contributed by atoms with Crippen molar-refractivity contribution in [1.82, 2.24) is 24.6 Å². The number of hydrogen-bond acceptors (Lipinski definition) is 7. The molecule has 0 radical (unpaired) electrons. The predicted molar refractivity (Wildman–Crippen MR) is 112 cm³/mol. The Kier molecular flexibility index (Phi) is 5.55. The van der Waals surface area contributed by atoms with Crippen LogP contribution in [0.3, 0.4) is 0 Å². The largest absolute Gasteiger partial charge is 0.497 e. The number of anilines is 1. The van der Waals surface area contributed by atoms with Gasteiger partial charge in [-0.15, -0.1) is 0 Å². The number of pyridine rings is 1. The summed E-state index contributed by atoms with van der Waals surface area (Å²) in [4.78, 5) is 13.3. The summed E-state index contributed by atoms with van der Waals surface area (Å²) in [6.07, 6.45) is 1.73. The van der Waals surface area contributed by atoms with Crippen LogP contribution >= 0.6 is 12.2 Å². The lowest BCUT2D eigenvalue weighted by molar-refractivity contribution is 0.194. The highest BCUT2D eigenvalue weighted by molar-refractivity contribution is 7.71. The van der Waals surface area contributed by atoms with Crippen LogP contribution < -0.4 is 9.64 Å². The van der Waals surface area contributed by atoms with Gasteiger partial charge in [-0.05, 0) is 48.6 Å². The van der Waals surface area contributed by atoms with Crippen molar-refractivity contribution in [2.24, 2.45) is 0 Å². The minimum atomic E-state index is 0.523. The number of rotatable bonds is 5. The lowest BCUT2D eigenvalue weighted by Gasteiger charge is -2.35. The van der Waals surface area contributed by atoms with Gasteiger partial charge in [0.2, 0.25) is 4.77 Å². The number of nitrogens with one attached hydrogen (secondary N) is 1. The Balaban J connectivity index is 1.41. The van der Waals surface area contributed by atoms with E-state index in [1.54, 1.807) is 25.4 Å². The van der Waals surface area contributed by atoms with Gasteiger partial charge in [-0.2, -0.15) is 10.2 Å². The lowest BCUT2D eigenvalue weighted by atomic mass is 10.2. The van der Waals surface area contributed by atoms with Crippen molar-refractivity contribution < 1.29 is 4.74 Å². The third-order valence-corrected chi connectivity index (χ3v) is 5.27. The van der Waals surface area contributed by atoms with E-state index in [0.29, 0.717) is 17.0 Å². The normalized spacial score (nSPS) is 14.6. The van der Waals surface area contributed by atoms with Crippen molar-refractivity contribution in [1.29, 1.82) is 5.26 Å². The topological polar surface area (TPSA) is 86.0 Å². The van der Waals surface area contributed by atoms with E-state index in [9.17, 15) is 5.26 Å². The number of nitrogens with zero attached hydrogens (tertiary/aromatic N) is 6. The molecule has 1 aliphatic heterocycles. The van der Waals surface area contributed by atoms with Crippen LogP contribution in [0.5, 0.6) is 5.75 Å². The molecular weight excluding hydrogens is 386 g/mol. The molecule has 1 N–H and O–H groups in total. The van der Waals surface area contributed by atoms with E-state index in [0.717, 1.165) is 49.1 Å². The standard InChI is InChI=1S/C20H21N7OS/c1-28-17-6-4-15(5-7-17)18-23-20(29)27(24-18)14-25-9-11-26(12-10-25)19-16(13-21)3-2-8-22-19/h2-8H,9-12,14H2,1H3,(H,23,24,29). The van der Waals surface area contributed by atoms with Crippen LogP contribution in [0.1, 0.15) is 5.56 Å². The molecule has 8 nitrogen and oxygen atoms in total. The van der Waals surface area contributed by atoms with E-state index in [-0.39, 0.29) is 0 Å². The highest BCUT2D eigenvalue weighted by atomic mass is 32.1. The average molecular weight is 408 g/mol. The quantitative estimate of drug-likeness (QED) is 0.651. The van der Waals surface area contributed by atoms with E-state index in [2.05, 4.69) is 30.9 Å². The summed E-state index contributed by atoms with van der Waals surface area (Å²) in [6.45, 7) is 3.94. The number of benzene rings is 1. The molecule has 3 aromatic rings. The molecular formula is C20H21N7OS. The van der Waals surface area contributed by atoms with Gasteiger partial charge in [0.1, 0.15) is 17.6 Å². The highest BCUT2D eigenvalue weighted by Gasteiger charge is 2.20. The first kappa shape index (κ1) is 19.1. The number of aromatic nitrogens is 4. The van der Waals surface area contributed by atoms with Gasteiger partial charge in [-0.3, -0.25) is 10.00 Å². The first-order valence-electron chi connectivity index (χ1n) is 9.31. The van der Waals surface area contributed by atoms with Gasteiger partial charge in [0, 0.05) is 37.9 Å². The third-order valence-electron chi connectivity index (χ3n) is 4.96. The Hall–Kier alpha value is -3.22. The predicted octanol–water partition coefficient (Wildman–Crippen LogP) is 2.66. The van der Waals surface area contributed by atoms with E-state index in [1.807, 2.05) is 28.9 Å². The van der Waals surface area contributed by atoms with Gasteiger partial charge in [0.15, 0.2) is 5.82 Å². The van der Waals surface area contributed by atoms with E-state index in [1.165, 1.54) is 0 Å².